The minimum Gasteiger partial charge on any atom is -0.494 e. The lowest BCUT2D eigenvalue weighted by atomic mass is 10.1. The molecule has 4 nitrogen and oxygen atoms in total. The lowest BCUT2D eigenvalue weighted by Gasteiger charge is -2.22. The van der Waals surface area contributed by atoms with E-state index in [4.69, 9.17) is 20.8 Å². The van der Waals surface area contributed by atoms with Gasteiger partial charge in [-0.1, -0.05) is 18.5 Å². The number of furan rings is 1. The normalized spacial score (nSPS) is 10.5. The summed E-state index contributed by atoms with van der Waals surface area (Å²) in [5.74, 6) is 1.34. The van der Waals surface area contributed by atoms with Crippen molar-refractivity contribution in [1.29, 1.82) is 0 Å². The maximum absolute atomic E-state index is 13.1. The van der Waals surface area contributed by atoms with Gasteiger partial charge in [0.1, 0.15) is 11.5 Å². The van der Waals surface area contributed by atoms with E-state index in [1.165, 1.54) is 0 Å². The van der Waals surface area contributed by atoms with Gasteiger partial charge in [-0.15, -0.1) is 0 Å². The number of benzene rings is 2. The lowest BCUT2D eigenvalue weighted by molar-refractivity contribution is 0.0983. The Labute approximate surface area is 158 Å². The zero-order chi connectivity index (χ0) is 18.4. The van der Waals surface area contributed by atoms with E-state index >= 15 is 0 Å². The minimum atomic E-state index is -0.120. The molecule has 3 rings (SSSR count). The van der Waals surface area contributed by atoms with Crippen molar-refractivity contribution < 1.29 is 13.9 Å². The summed E-state index contributed by atoms with van der Waals surface area (Å²) in [4.78, 5) is 14.8. The molecule has 0 aliphatic carbocycles. The van der Waals surface area contributed by atoms with Gasteiger partial charge >= 0.3 is 0 Å². The molecular formula is C21H20ClNO3. The number of halogens is 1. The molecule has 1 aromatic heterocycles. The summed E-state index contributed by atoms with van der Waals surface area (Å²) in [6.07, 6.45) is 2.54. The van der Waals surface area contributed by atoms with Gasteiger partial charge in [-0.2, -0.15) is 0 Å². The highest BCUT2D eigenvalue weighted by molar-refractivity contribution is 6.30. The molecule has 0 unspecified atom stereocenters. The summed E-state index contributed by atoms with van der Waals surface area (Å²) in [6, 6.07) is 18.0. The number of carbonyl (C=O) groups is 1. The summed E-state index contributed by atoms with van der Waals surface area (Å²) < 4.78 is 11.0. The Morgan fingerprint density at radius 3 is 2.42 bits per heavy atom. The van der Waals surface area contributed by atoms with Crippen molar-refractivity contribution in [1.82, 2.24) is 0 Å². The van der Waals surface area contributed by atoms with Crippen molar-refractivity contribution in [3.63, 3.8) is 0 Å². The summed E-state index contributed by atoms with van der Waals surface area (Å²) in [7, 11) is 0. The second-order valence-corrected chi connectivity index (χ2v) is 6.26. The van der Waals surface area contributed by atoms with Crippen molar-refractivity contribution in [2.24, 2.45) is 0 Å². The Bertz CT molecular complexity index is 827. The Hall–Kier alpha value is -2.72. The third-order valence-electron chi connectivity index (χ3n) is 3.85. The summed E-state index contributed by atoms with van der Waals surface area (Å²) in [6.45, 7) is 3.04. The number of ether oxygens (including phenoxy) is 1. The van der Waals surface area contributed by atoms with Crippen molar-refractivity contribution >= 4 is 23.2 Å². The molecule has 0 atom stereocenters. The number of hydrogen-bond acceptors (Lipinski definition) is 3. The fraction of sp³-hybridized carbons (Fsp3) is 0.190. The van der Waals surface area contributed by atoms with Gasteiger partial charge in [0.05, 0.1) is 19.4 Å². The summed E-state index contributed by atoms with van der Waals surface area (Å²) in [5.41, 5.74) is 1.33. The second kappa shape index (κ2) is 8.59. The Kier molecular flexibility index (Phi) is 5.97. The Morgan fingerprint density at radius 2 is 1.81 bits per heavy atom. The van der Waals surface area contributed by atoms with E-state index in [9.17, 15) is 4.79 Å². The minimum absolute atomic E-state index is 0.120. The first-order chi connectivity index (χ1) is 12.7. The predicted molar refractivity (Wildman–Crippen MR) is 103 cm³/mol. The van der Waals surface area contributed by atoms with Crippen LogP contribution in [0.15, 0.2) is 71.3 Å². The predicted octanol–water partition coefficient (Wildman–Crippen LogP) is 5.57. The van der Waals surface area contributed by atoms with Crippen molar-refractivity contribution in [3.8, 4) is 5.75 Å². The Balaban J connectivity index is 1.85. The van der Waals surface area contributed by atoms with Gasteiger partial charge in [0.2, 0.25) is 0 Å². The maximum Gasteiger partial charge on any atom is 0.258 e. The van der Waals surface area contributed by atoms with Crippen LogP contribution in [-0.2, 0) is 6.54 Å². The largest absolute Gasteiger partial charge is 0.494 e. The molecule has 2 aromatic carbocycles. The topological polar surface area (TPSA) is 42.7 Å². The smallest absolute Gasteiger partial charge is 0.258 e. The SMILES string of the molecule is CCCOc1ccc(C(=O)N(Cc2ccco2)c2ccc(Cl)cc2)cc1. The van der Waals surface area contributed by atoms with Crippen LogP contribution in [0.5, 0.6) is 5.75 Å². The fourth-order valence-corrected chi connectivity index (χ4v) is 2.66. The van der Waals surface area contributed by atoms with Crippen LogP contribution < -0.4 is 9.64 Å². The number of hydrogen-bond donors (Lipinski definition) is 0. The number of rotatable bonds is 7. The number of amides is 1. The van der Waals surface area contributed by atoms with Gasteiger partial charge in [0, 0.05) is 16.3 Å². The number of nitrogens with zero attached hydrogens (tertiary/aromatic N) is 1. The summed E-state index contributed by atoms with van der Waals surface area (Å²) in [5, 5.41) is 0.622. The number of carbonyl (C=O) groups excluding carboxylic acids is 1. The van der Waals surface area contributed by atoms with Gasteiger partial charge in [-0.25, -0.2) is 0 Å². The third-order valence-corrected chi connectivity index (χ3v) is 4.10. The second-order valence-electron chi connectivity index (χ2n) is 5.82. The zero-order valence-electron chi connectivity index (χ0n) is 14.5. The fourth-order valence-electron chi connectivity index (χ4n) is 2.53. The van der Waals surface area contributed by atoms with Crippen molar-refractivity contribution in [2.45, 2.75) is 19.9 Å². The van der Waals surface area contributed by atoms with Crippen LogP contribution in [0.4, 0.5) is 5.69 Å². The highest BCUT2D eigenvalue weighted by Gasteiger charge is 2.19. The molecule has 0 saturated heterocycles. The summed E-state index contributed by atoms with van der Waals surface area (Å²) >= 11 is 5.98. The number of anilines is 1. The molecule has 0 aliphatic rings. The van der Waals surface area contributed by atoms with E-state index in [2.05, 4.69) is 6.92 Å². The molecule has 0 spiro atoms. The molecule has 0 aliphatic heterocycles. The molecule has 134 valence electrons. The van der Waals surface area contributed by atoms with Crippen molar-refractivity contribution in [3.05, 3.63) is 83.3 Å². The van der Waals surface area contributed by atoms with Crippen LogP contribution in [0.25, 0.3) is 0 Å². The van der Waals surface area contributed by atoms with Crippen LogP contribution in [0.1, 0.15) is 29.5 Å². The van der Waals surface area contributed by atoms with Crippen molar-refractivity contribution in [2.75, 3.05) is 11.5 Å². The molecule has 0 fully saturated rings. The molecule has 0 radical (unpaired) electrons. The third kappa shape index (κ3) is 4.46. The zero-order valence-corrected chi connectivity index (χ0v) is 15.3. The van der Waals surface area contributed by atoms with Gasteiger partial charge in [-0.3, -0.25) is 4.79 Å². The average molecular weight is 370 g/mol. The van der Waals surface area contributed by atoms with Gasteiger partial charge in [0.15, 0.2) is 0 Å². The van der Waals surface area contributed by atoms with E-state index in [1.807, 2.05) is 30.3 Å². The first-order valence-corrected chi connectivity index (χ1v) is 8.88. The molecule has 0 saturated carbocycles. The molecule has 26 heavy (non-hydrogen) atoms. The standard InChI is InChI=1S/C21H20ClNO3/c1-2-13-25-19-11-5-16(6-12-19)21(24)23(15-20-4-3-14-26-20)18-9-7-17(22)8-10-18/h3-12,14H,2,13,15H2,1H3. The molecular weight excluding hydrogens is 350 g/mol. The average Bonchev–Trinajstić information content (AvgIpc) is 3.18. The quantitative estimate of drug-likeness (QED) is 0.546. The molecule has 3 aromatic rings. The van der Waals surface area contributed by atoms with Gasteiger partial charge in [-0.05, 0) is 67.1 Å². The van der Waals surface area contributed by atoms with E-state index in [-0.39, 0.29) is 5.91 Å². The highest BCUT2D eigenvalue weighted by atomic mass is 35.5. The van der Waals surface area contributed by atoms with E-state index in [0.29, 0.717) is 29.5 Å². The van der Waals surface area contributed by atoms with Crippen LogP contribution in [-0.4, -0.2) is 12.5 Å². The van der Waals surface area contributed by atoms with Gasteiger partial charge in [0.25, 0.3) is 5.91 Å². The monoisotopic (exact) mass is 369 g/mol. The first kappa shape index (κ1) is 18.1. The molecule has 0 N–H and O–H groups in total. The van der Waals surface area contributed by atoms with E-state index < -0.39 is 0 Å². The van der Waals surface area contributed by atoms with E-state index in [0.717, 1.165) is 17.9 Å². The van der Waals surface area contributed by atoms with Crippen LogP contribution in [0, 0.1) is 0 Å². The molecule has 0 bridgehead atoms. The van der Waals surface area contributed by atoms with Gasteiger partial charge < -0.3 is 14.1 Å². The molecule has 5 heteroatoms. The van der Waals surface area contributed by atoms with E-state index in [1.54, 1.807) is 41.5 Å². The first-order valence-electron chi connectivity index (χ1n) is 8.50. The van der Waals surface area contributed by atoms with Crippen LogP contribution in [0.3, 0.4) is 0 Å². The molecule has 1 heterocycles. The molecule has 1 amide bonds. The van der Waals surface area contributed by atoms with Crippen LogP contribution >= 0.6 is 11.6 Å². The lowest BCUT2D eigenvalue weighted by Crippen LogP contribution is -2.30. The Morgan fingerprint density at radius 1 is 1.08 bits per heavy atom. The van der Waals surface area contributed by atoms with Crippen LogP contribution in [0.2, 0.25) is 5.02 Å². The maximum atomic E-state index is 13.1. The highest BCUT2D eigenvalue weighted by Crippen LogP contribution is 2.23.